The molecule has 3 aromatic rings. The number of rotatable bonds is 5. The zero-order chi connectivity index (χ0) is 15.2. The molecule has 2 aromatic heterocycles. The third kappa shape index (κ3) is 3.90. The Morgan fingerprint density at radius 1 is 1.14 bits per heavy atom. The van der Waals surface area contributed by atoms with E-state index in [0.29, 0.717) is 0 Å². The number of ether oxygens (including phenoxy) is 1. The predicted octanol–water partition coefficient (Wildman–Crippen LogP) is 4.63. The van der Waals surface area contributed by atoms with Crippen LogP contribution in [0, 0.1) is 0 Å². The first-order chi connectivity index (χ1) is 10.8. The second kappa shape index (κ2) is 7.15. The minimum atomic E-state index is -0.359. The average molecular weight is 327 g/mol. The Balaban J connectivity index is 1.56. The number of thiophene rings is 1. The molecule has 110 valence electrons. The molecule has 0 aliphatic heterocycles. The Bertz CT molecular complexity index is 761. The summed E-state index contributed by atoms with van der Waals surface area (Å²) in [6, 6.07) is 13.8. The summed E-state index contributed by atoms with van der Waals surface area (Å²) in [7, 11) is 0. The molecule has 22 heavy (non-hydrogen) atoms. The minimum absolute atomic E-state index is 0.191. The lowest BCUT2D eigenvalue weighted by atomic mass is 10.2. The largest absolute Gasteiger partial charge is 0.456 e. The summed E-state index contributed by atoms with van der Waals surface area (Å²) < 4.78 is 5.20. The van der Waals surface area contributed by atoms with Crippen molar-refractivity contribution in [3.63, 3.8) is 0 Å². The Morgan fingerprint density at radius 2 is 2.00 bits per heavy atom. The molecule has 3 nitrogen and oxygen atoms in total. The molecular weight excluding hydrogens is 314 g/mol. The summed E-state index contributed by atoms with van der Waals surface area (Å²) in [6.45, 7) is 0.191. The molecule has 0 saturated heterocycles. The number of benzene rings is 1. The number of hydrogen-bond acceptors (Lipinski definition) is 5. The third-order valence-corrected chi connectivity index (χ3v) is 4.64. The van der Waals surface area contributed by atoms with Gasteiger partial charge in [0.25, 0.3) is 0 Å². The topological polar surface area (TPSA) is 39.2 Å². The molecule has 0 bridgehead atoms. The van der Waals surface area contributed by atoms with E-state index in [9.17, 15) is 4.79 Å². The van der Waals surface area contributed by atoms with Crippen LogP contribution in [-0.2, 0) is 16.1 Å². The zero-order valence-corrected chi connectivity index (χ0v) is 13.3. The van der Waals surface area contributed by atoms with Gasteiger partial charge in [0.1, 0.15) is 11.6 Å². The molecule has 3 rings (SSSR count). The molecule has 0 spiro atoms. The normalized spacial score (nSPS) is 10.9. The Hall–Kier alpha value is -2.24. The van der Waals surface area contributed by atoms with Crippen LogP contribution in [0.4, 0.5) is 0 Å². The van der Waals surface area contributed by atoms with E-state index in [2.05, 4.69) is 4.98 Å². The summed E-state index contributed by atoms with van der Waals surface area (Å²) in [6.07, 6.45) is 3.19. The van der Waals surface area contributed by atoms with Crippen LogP contribution >= 0.6 is 22.7 Å². The van der Waals surface area contributed by atoms with Crippen molar-refractivity contribution in [3.8, 4) is 10.6 Å². The number of esters is 1. The highest BCUT2D eigenvalue weighted by molar-refractivity contribution is 7.13. The predicted molar refractivity (Wildman–Crippen MR) is 90.7 cm³/mol. The number of carbonyl (C=O) groups is 1. The Kier molecular flexibility index (Phi) is 4.78. The molecule has 0 N–H and O–H groups in total. The fourth-order valence-electron chi connectivity index (χ4n) is 1.82. The molecule has 0 amide bonds. The highest BCUT2D eigenvalue weighted by Crippen LogP contribution is 2.23. The van der Waals surface area contributed by atoms with Crippen LogP contribution in [-0.4, -0.2) is 11.0 Å². The SMILES string of the molecule is O=C(C=Cc1cccs1)OCc1csc(-c2ccccc2)n1. The van der Waals surface area contributed by atoms with Gasteiger partial charge in [-0.15, -0.1) is 22.7 Å². The van der Waals surface area contributed by atoms with Crippen LogP contribution in [0.15, 0.2) is 59.3 Å². The number of aromatic nitrogens is 1. The fourth-order valence-corrected chi connectivity index (χ4v) is 3.24. The summed E-state index contributed by atoms with van der Waals surface area (Å²) in [5.41, 5.74) is 1.84. The van der Waals surface area contributed by atoms with E-state index in [1.165, 1.54) is 6.08 Å². The first-order valence-electron chi connectivity index (χ1n) is 6.69. The lowest BCUT2D eigenvalue weighted by Gasteiger charge is -1.98. The quantitative estimate of drug-likeness (QED) is 0.507. The van der Waals surface area contributed by atoms with Crippen molar-refractivity contribution in [1.29, 1.82) is 0 Å². The van der Waals surface area contributed by atoms with Crippen LogP contribution in [0.5, 0.6) is 0 Å². The standard InChI is InChI=1S/C17H13NO2S2/c19-16(9-8-15-7-4-10-21-15)20-11-14-12-22-17(18-14)13-5-2-1-3-6-13/h1-10,12H,11H2. The molecule has 5 heteroatoms. The monoisotopic (exact) mass is 327 g/mol. The third-order valence-electron chi connectivity index (χ3n) is 2.86. The molecule has 0 atom stereocenters. The van der Waals surface area contributed by atoms with Gasteiger partial charge in [-0.2, -0.15) is 0 Å². The van der Waals surface area contributed by atoms with E-state index in [1.807, 2.05) is 53.2 Å². The minimum Gasteiger partial charge on any atom is -0.456 e. The number of nitrogens with zero attached hydrogens (tertiary/aromatic N) is 1. The molecule has 1 aromatic carbocycles. The smallest absolute Gasteiger partial charge is 0.331 e. The van der Waals surface area contributed by atoms with E-state index < -0.39 is 0 Å². The van der Waals surface area contributed by atoms with Crippen LogP contribution in [0.1, 0.15) is 10.6 Å². The summed E-state index contributed by atoms with van der Waals surface area (Å²) >= 11 is 3.12. The number of hydrogen-bond donors (Lipinski definition) is 0. The van der Waals surface area contributed by atoms with Gasteiger partial charge in [0.2, 0.25) is 0 Å². The summed E-state index contributed by atoms with van der Waals surface area (Å²) in [4.78, 5) is 17.2. The van der Waals surface area contributed by atoms with Gasteiger partial charge in [-0.05, 0) is 17.5 Å². The molecule has 0 aliphatic carbocycles. The fraction of sp³-hybridized carbons (Fsp3) is 0.0588. The summed E-state index contributed by atoms with van der Waals surface area (Å²) in [5, 5.41) is 4.81. The van der Waals surface area contributed by atoms with Gasteiger partial charge in [-0.1, -0.05) is 36.4 Å². The first-order valence-corrected chi connectivity index (χ1v) is 8.45. The highest BCUT2D eigenvalue weighted by Gasteiger charge is 2.06. The van der Waals surface area contributed by atoms with Crippen LogP contribution in [0.25, 0.3) is 16.6 Å². The van der Waals surface area contributed by atoms with Gasteiger partial charge in [-0.25, -0.2) is 9.78 Å². The zero-order valence-electron chi connectivity index (χ0n) is 11.6. The maximum atomic E-state index is 11.7. The van der Waals surface area contributed by atoms with E-state index in [0.717, 1.165) is 21.1 Å². The molecular formula is C17H13NO2S2. The van der Waals surface area contributed by atoms with Gasteiger partial charge in [0, 0.05) is 21.9 Å². The van der Waals surface area contributed by atoms with Gasteiger partial charge in [0.15, 0.2) is 0 Å². The van der Waals surface area contributed by atoms with E-state index in [1.54, 1.807) is 28.7 Å². The molecule has 0 fully saturated rings. The second-order valence-corrected chi connectivity index (χ2v) is 6.30. The van der Waals surface area contributed by atoms with E-state index in [4.69, 9.17) is 4.74 Å². The second-order valence-electron chi connectivity index (χ2n) is 4.47. The van der Waals surface area contributed by atoms with Crippen LogP contribution < -0.4 is 0 Å². The number of carbonyl (C=O) groups excluding carboxylic acids is 1. The van der Waals surface area contributed by atoms with Gasteiger partial charge >= 0.3 is 5.97 Å². The van der Waals surface area contributed by atoms with Gasteiger partial charge in [-0.3, -0.25) is 0 Å². The Morgan fingerprint density at radius 3 is 2.77 bits per heavy atom. The van der Waals surface area contributed by atoms with Crippen LogP contribution in [0.3, 0.4) is 0 Å². The molecule has 2 heterocycles. The van der Waals surface area contributed by atoms with Crippen molar-refractivity contribution in [2.24, 2.45) is 0 Å². The van der Waals surface area contributed by atoms with Gasteiger partial charge < -0.3 is 4.74 Å². The van der Waals surface area contributed by atoms with Crippen molar-refractivity contribution in [3.05, 3.63) is 69.9 Å². The van der Waals surface area contributed by atoms with E-state index >= 15 is 0 Å². The Labute approximate surface area is 136 Å². The maximum Gasteiger partial charge on any atom is 0.331 e. The van der Waals surface area contributed by atoms with E-state index in [-0.39, 0.29) is 12.6 Å². The first kappa shape index (κ1) is 14.7. The molecule has 0 unspecified atom stereocenters. The number of thiazole rings is 1. The van der Waals surface area contributed by atoms with Crippen LogP contribution in [0.2, 0.25) is 0 Å². The molecule has 0 aliphatic rings. The van der Waals surface area contributed by atoms with Crippen molar-refractivity contribution in [2.75, 3.05) is 0 Å². The highest BCUT2D eigenvalue weighted by atomic mass is 32.1. The summed E-state index contributed by atoms with van der Waals surface area (Å²) in [5.74, 6) is -0.359. The van der Waals surface area contributed by atoms with Crippen molar-refractivity contribution < 1.29 is 9.53 Å². The average Bonchev–Trinajstić information content (AvgIpc) is 3.23. The van der Waals surface area contributed by atoms with Crippen molar-refractivity contribution >= 4 is 34.7 Å². The van der Waals surface area contributed by atoms with Gasteiger partial charge in [0.05, 0.1) is 5.69 Å². The van der Waals surface area contributed by atoms with Crippen molar-refractivity contribution in [2.45, 2.75) is 6.61 Å². The lowest BCUT2D eigenvalue weighted by molar-refractivity contribution is -0.139. The molecule has 0 radical (unpaired) electrons. The maximum absolute atomic E-state index is 11.7. The molecule has 0 saturated carbocycles. The van der Waals surface area contributed by atoms with Crippen molar-refractivity contribution in [1.82, 2.24) is 4.98 Å². The lowest BCUT2D eigenvalue weighted by Crippen LogP contribution is -2.00.